The summed E-state index contributed by atoms with van der Waals surface area (Å²) >= 11 is 0. The van der Waals surface area contributed by atoms with Crippen LogP contribution < -0.4 is 10.2 Å². The molecule has 0 spiro atoms. The molecule has 0 aromatic rings. The van der Waals surface area contributed by atoms with E-state index in [0.717, 1.165) is 0 Å². The largest absolute Gasteiger partial charge is 0.550 e. The van der Waals surface area contributed by atoms with E-state index in [0.29, 0.717) is 0 Å². The van der Waals surface area contributed by atoms with Gasteiger partial charge in [0.15, 0.2) is 0 Å². The third-order valence-corrected chi connectivity index (χ3v) is 1.02. The second-order valence-corrected chi connectivity index (χ2v) is 2.25. The van der Waals surface area contributed by atoms with Crippen molar-refractivity contribution in [3.63, 3.8) is 0 Å². The van der Waals surface area contributed by atoms with E-state index in [1.165, 1.54) is 0 Å². The first-order valence-electron chi connectivity index (χ1n) is 3.62. The number of hydrogen-bond acceptors (Lipinski definition) is 8. The second kappa shape index (κ2) is 32.0. The number of carboxylic acids is 2. The van der Waals surface area contributed by atoms with Crippen LogP contribution in [0.15, 0.2) is 0 Å². The highest BCUT2D eigenvalue weighted by Crippen LogP contribution is 1.89. The fraction of sp³-hybridized carbons (Fsp3) is 0.733. The maximum absolute atomic E-state index is 10.5. The van der Waals surface area contributed by atoms with Crippen molar-refractivity contribution in [1.29, 1.82) is 0 Å². The highest BCUT2D eigenvalue weighted by molar-refractivity contribution is 5.90. The number of aliphatic carboxylic acids is 2. The van der Waals surface area contributed by atoms with Crippen LogP contribution in [-0.2, 0) is 28.7 Å². The minimum Gasteiger partial charge on any atom is -0.550 e. The molecule has 0 aliphatic rings. The summed E-state index contributed by atoms with van der Waals surface area (Å²) < 4.78 is 8.18. The monoisotopic (exact) mass is 346 g/mol. The standard InChI is InChI=1S/C7H8O8.8CH4/c8-4(9)1-6(12)14-3-15-7(13)2-5(10)11;;;;;;;;/h1-3H2,(H,8,9)(H,10,11);8*1H4/p-2. The van der Waals surface area contributed by atoms with Gasteiger partial charge in [-0.25, -0.2) is 0 Å². The van der Waals surface area contributed by atoms with Crippen molar-refractivity contribution in [3.05, 3.63) is 0 Å². The fourth-order valence-corrected chi connectivity index (χ4v) is 0.499. The first-order valence-corrected chi connectivity index (χ1v) is 3.62. The van der Waals surface area contributed by atoms with Crippen LogP contribution in [0.1, 0.15) is 72.3 Å². The van der Waals surface area contributed by atoms with Gasteiger partial charge in [-0.1, -0.05) is 59.4 Å². The van der Waals surface area contributed by atoms with E-state index in [2.05, 4.69) is 9.47 Å². The Hall–Kier alpha value is -2.12. The number of rotatable bonds is 6. The van der Waals surface area contributed by atoms with Crippen molar-refractivity contribution < 1.29 is 38.9 Å². The van der Waals surface area contributed by atoms with Gasteiger partial charge in [0, 0.05) is 0 Å². The first kappa shape index (κ1) is 58.5. The molecule has 0 N–H and O–H groups in total. The van der Waals surface area contributed by atoms with E-state index in [1.54, 1.807) is 0 Å². The van der Waals surface area contributed by atoms with Gasteiger partial charge in [0.1, 0.15) is 0 Å². The molecule has 0 aliphatic heterocycles. The van der Waals surface area contributed by atoms with Gasteiger partial charge in [0.25, 0.3) is 0 Å². The summed E-state index contributed by atoms with van der Waals surface area (Å²) in [5, 5.41) is 19.7. The predicted molar refractivity (Wildman–Crippen MR) is 90.1 cm³/mol. The molecule has 0 fully saturated rings. The van der Waals surface area contributed by atoms with Crippen LogP contribution in [0.25, 0.3) is 0 Å². The highest BCUT2D eigenvalue weighted by Gasteiger charge is 2.06. The molecule has 0 amide bonds. The molecule has 8 heteroatoms. The van der Waals surface area contributed by atoms with E-state index in [-0.39, 0.29) is 59.4 Å². The summed E-state index contributed by atoms with van der Waals surface area (Å²) in [6, 6.07) is 0. The van der Waals surface area contributed by atoms with Crippen molar-refractivity contribution >= 4 is 23.9 Å². The SMILES string of the molecule is C.C.C.C.C.C.C.C.O=C([O-])CC(=O)OCOC(=O)CC(=O)[O-]. The average molecular weight is 346 g/mol. The second-order valence-electron chi connectivity index (χ2n) is 2.25. The zero-order valence-electron chi connectivity index (χ0n) is 7.39. The van der Waals surface area contributed by atoms with Gasteiger partial charge in [0.05, 0.1) is 24.8 Å². The minimum atomic E-state index is -1.64. The van der Waals surface area contributed by atoms with Crippen molar-refractivity contribution in [2.75, 3.05) is 6.79 Å². The van der Waals surface area contributed by atoms with E-state index in [9.17, 15) is 29.4 Å². The quantitative estimate of drug-likeness (QED) is 0.400. The Bertz CT molecular complexity index is 259. The Kier molecular flexibility index (Phi) is 81.4. The maximum atomic E-state index is 10.5. The summed E-state index contributed by atoms with van der Waals surface area (Å²) in [4.78, 5) is 40.7. The molecule has 0 rings (SSSR count). The molecule has 0 saturated heterocycles. The molecular formula is C15H38O8-2. The molecular weight excluding hydrogens is 308 g/mol. The Morgan fingerprint density at radius 2 is 0.783 bits per heavy atom. The summed E-state index contributed by atoms with van der Waals surface area (Å²) in [6.45, 7) is -0.849. The first-order chi connectivity index (χ1) is 6.91. The number of ether oxygens (including phenoxy) is 2. The van der Waals surface area contributed by atoms with Gasteiger partial charge < -0.3 is 29.3 Å². The normalized spacial score (nSPS) is 5.91. The molecule has 0 saturated carbocycles. The van der Waals surface area contributed by atoms with Crippen molar-refractivity contribution in [3.8, 4) is 0 Å². The lowest BCUT2D eigenvalue weighted by Crippen LogP contribution is -2.28. The number of esters is 2. The minimum absolute atomic E-state index is 0. The van der Waals surface area contributed by atoms with Crippen LogP contribution in [0.3, 0.4) is 0 Å². The number of carbonyl (C=O) groups is 4. The van der Waals surface area contributed by atoms with Crippen molar-refractivity contribution in [1.82, 2.24) is 0 Å². The zero-order chi connectivity index (χ0) is 11.8. The molecule has 0 aliphatic carbocycles. The van der Waals surface area contributed by atoms with Gasteiger partial charge in [-0.3, -0.25) is 9.59 Å². The Labute approximate surface area is 142 Å². The van der Waals surface area contributed by atoms with Crippen molar-refractivity contribution in [2.24, 2.45) is 0 Å². The van der Waals surface area contributed by atoms with Gasteiger partial charge in [-0.2, -0.15) is 0 Å². The molecule has 8 nitrogen and oxygen atoms in total. The van der Waals surface area contributed by atoms with Crippen LogP contribution >= 0.6 is 0 Å². The van der Waals surface area contributed by atoms with Gasteiger partial charge >= 0.3 is 11.9 Å². The zero-order valence-corrected chi connectivity index (χ0v) is 7.39. The molecule has 0 unspecified atom stereocenters. The summed E-state index contributed by atoms with van der Waals surface area (Å²) in [7, 11) is 0. The van der Waals surface area contributed by atoms with E-state index in [1.807, 2.05) is 0 Å². The molecule has 0 radical (unpaired) electrons. The molecule has 148 valence electrons. The van der Waals surface area contributed by atoms with Crippen LogP contribution in [0.5, 0.6) is 0 Å². The third kappa shape index (κ3) is 45.0. The molecule has 0 aromatic carbocycles. The molecule has 0 bridgehead atoms. The van der Waals surface area contributed by atoms with E-state index < -0.39 is 43.5 Å². The van der Waals surface area contributed by atoms with Crippen LogP contribution in [0.4, 0.5) is 0 Å². The van der Waals surface area contributed by atoms with Gasteiger partial charge in [0.2, 0.25) is 6.79 Å². The van der Waals surface area contributed by atoms with Crippen LogP contribution in [0, 0.1) is 0 Å². The lowest BCUT2D eigenvalue weighted by atomic mass is 10.4. The Balaban J connectivity index is -0.0000000350. The Morgan fingerprint density at radius 3 is 0.957 bits per heavy atom. The fourth-order valence-electron chi connectivity index (χ4n) is 0.499. The molecule has 23 heavy (non-hydrogen) atoms. The number of carboxylic acid groups (broad SMARTS) is 2. The number of hydrogen-bond donors (Lipinski definition) is 0. The van der Waals surface area contributed by atoms with Gasteiger partial charge in [-0.05, 0) is 0 Å². The topological polar surface area (TPSA) is 133 Å². The Morgan fingerprint density at radius 1 is 0.565 bits per heavy atom. The summed E-state index contributed by atoms with van der Waals surface area (Å²) in [5.74, 6) is -5.59. The van der Waals surface area contributed by atoms with E-state index >= 15 is 0 Å². The van der Waals surface area contributed by atoms with Crippen molar-refractivity contribution in [2.45, 2.75) is 72.3 Å². The van der Waals surface area contributed by atoms with Crippen LogP contribution in [0.2, 0.25) is 0 Å². The highest BCUT2D eigenvalue weighted by atomic mass is 16.7. The molecule has 0 atom stereocenters. The molecule has 0 heterocycles. The lowest BCUT2D eigenvalue weighted by Gasteiger charge is -2.06. The van der Waals surface area contributed by atoms with Crippen LogP contribution in [-0.4, -0.2) is 30.7 Å². The van der Waals surface area contributed by atoms with Gasteiger partial charge in [-0.15, -0.1) is 0 Å². The summed E-state index contributed by atoms with van der Waals surface area (Å²) in [5.41, 5.74) is 0. The summed E-state index contributed by atoms with van der Waals surface area (Å²) in [6.07, 6.45) is -1.95. The smallest absolute Gasteiger partial charge is 0.314 e. The maximum Gasteiger partial charge on any atom is 0.314 e. The third-order valence-electron chi connectivity index (χ3n) is 1.02. The lowest BCUT2D eigenvalue weighted by molar-refractivity contribution is -0.306. The molecule has 0 aromatic heterocycles. The average Bonchev–Trinajstić information content (AvgIpc) is 2.00. The predicted octanol–water partition coefficient (Wildman–Crippen LogP) is 1.40. The number of carbonyl (C=O) groups excluding carboxylic acids is 4. The van der Waals surface area contributed by atoms with E-state index in [4.69, 9.17) is 0 Å².